The van der Waals surface area contributed by atoms with Gasteiger partial charge in [0.05, 0.1) is 9.39 Å². The van der Waals surface area contributed by atoms with Crippen molar-refractivity contribution in [3.8, 4) is 0 Å². The summed E-state index contributed by atoms with van der Waals surface area (Å²) in [5.74, 6) is 0. The van der Waals surface area contributed by atoms with Gasteiger partial charge in [0, 0.05) is 13.6 Å². The van der Waals surface area contributed by atoms with Crippen molar-refractivity contribution in [2.24, 2.45) is 0 Å². The van der Waals surface area contributed by atoms with Gasteiger partial charge in [-0.1, -0.05) is 0 Å². The Hall–Kier alpha value is 0.0500. The largest absolute Gasteiger partial charge is 0.389 e. The molecule has 1 aromatic rings. The molecule has 0 saturated carbocycles. The van der Waals surface area contributed by atoms with Gasteiger partial charge in [0.25, 0.3) is 10.0 Å². The van der Waals surface area contributed by atoms with Gasteiger partial charge in [-0.15, -0.1) is 11.3 Å². The first-order valence-electron chi connectivity index (χ1n) is 4.99. The van der Waals surface area contributed by atoms with Gasteiger partial charge in [-0.2, -0.15) is 4.31 Å². The zero-order valence-corrected chi connectivity index (χ0v) is 13.4. The molecule has 7 heteroatoms. The minimum atomic E-state index is -3.51. The Labute approximate surface area is 114 Å². The van der Waals surface area contributed by atoms with Gasteiger partial charge >= 0.3 is 0 Å². The number of hydrogen-bond acceptors (Lipinski definition) is 4. The van der Waals surface area contributed by atoms with Gasteiger partial charge in [0.2, 0.25) is 0 Å². The molecule has 0 aliphatic carbocycles. The summed E-state index contributed by atoms with van der Waals surface area (Å²) in [7, 11) is -2.04. The van der Waals surface area contributed by atoms with E-state index in [0.717, 1.165) is 9.35 Å². The monoisotopic (exact) mass is 341 g/mol. The fourth-order valence-electron chi connectivity index (χ4n) is 1.34. The molecule has 1 aromatic heterocycles. The van der Waals surface area contributed by atoms with E-state index >= 15 is 0 Å². The molecule has 0 aliphatic heterocycles. The van der Waals surface area contributed by atoms with Crippen molar-refractivity contribution in [2.75, 3.05) is 13.6 Å². The van der Waals surface area contributed by atoms with Crippen molar-refractivity contribution >= 4 is 37.3 Å². The molecule has 98 valence electrons. The van der Waals surface area contributed by atoms with Gasteiger partial charge in [0.1, 0.15) is 4.21 Å². The number of rotatable bonds is 4. The van der Waals surface area contributed by atoms with Crippen LogP contribution in [0.25, 0.3) is 0 Å². The van der Waals surface area contributed by atoms with Crippen LogP contribution in [-0.2, 0) is 10.0 Å². The maximum absolute atomic E-state index is 12.2. The molecule has 4 nitrogen and oxygen atoms in total. The average molecular weight is 342 g/mol. The number of sulfonamides is 1. The normalized spacial score (nSPS) is 13.4. The third-order valence-corrected chi connectivity index (χ3v) is 6.50. The predicted molar refractivity (Wildman–Crippen MR) is 72.9 cm³/mol. The maximum Gasteiger partial charge on any atom is 0.252 e. The fraction of sp³-hybridized carbons (Fsp3) is 0.600. The molecule has 0 saturated heterocycles. The van der Waals surface area contributed by atoms with Crippen molar-refractivity contribution in [2.45, 2.75) is 30.6 Å². The van der Waals surface area contributed by atoms with E-state index in [1.54, 1.807) is 19.9 Å². The molecule has 0 amide bonds. The number of thiophene rings is 1. The zero-order chi connectivity index (χ0) is 13.4. The minimum Gasteiger partial charge on any atom is -0.389 e. The Morgan fingerprint density at radius 1 is 1.53 bits per heavy atom. The van der Waals surface area contributed by atoms with Crippen LogP contribution in [0.5, 0.6) is 0 Å². The molecule has 0 spiro atoms. The third-order valence-electron chi connectivity index (χ3n) is 2.11. The van der Waals surface area contributed by atoms with E-state index in [1.807, 2.05) is 6.92 Å². The van der Waals surface area contributed by atoms with Crippen LogP contribution in [0, 0.1) is 6.92 Å². The van der Waals surface area contributed by atoms with Crippen LogP contribution in [0.4, 0.5) is 0 Å². The van der Waals surface area contributed by atoms with Crippen molar-refractivity contribution in [3.63, 3.8) is 0 Å². The van der Waals surface area contributed by atoms with E-state index in [2.05, 4.69) is 15.9 Å². The molecule has 17 heavy (non-hydrogen) atoms. The van der Waals surface area contributed by atoms with Crippen molar-refractivity contribution in [1.29, 1.82) is 0 Å². The topological polar surface area (TPSA) is 57.6 Å². The van der Waals surface area contributed by atoms with Crippen molar-refractivity contribution in [1.82, 2.24) is 4.31 Å². The molecular formula is C10H16BrNO3S2. The second-order valence-corrected chi connectivity index (χ2v) is 9.24. The van der Waals surface area contributed by atoms with Gasteiger partial charge in [0.15, 0.2) is 0 Å². The zero-order valence-electron chi connectivity index (χ0n) is 10.2. The summed E-state index contributed by atoms with van der Waals surface area (Å²) in [6.45, 7) is 5.06. The summed E-state index contributed by atoms with van der Waals surface area (Å²) in [6, 6.07) is 1.63. The van der Waals surface area contributed by atoms with Crippen LogP contribution in [0.1, 0.15) is 19.4 Å². The molecule has 1 rings (SSSR count). The molecule has 1 N–H and O–H groups in total. The summed E-state index contributed by atoms with van der Waals surface area (Å²) < 4.78 is 26.6. The Kier molecular flexibility index (Phi) is 4.42. The highest BCUT2D eigenvalue weighted by atomic mass is 79.9. The molecule has 0 radical (unpaired) electrons. The maximum atomic E-state index is 12.2. The lowest BCUT2D eigenvalue weighted by Gasteiger charge is -2.24. The lowest BCUT2D eigenvalue weighted by atomic mass is 10.1. The molecule has 0 atom stereocenters. The van der Waals surface area contributed by atoms with E-state index in [-0.39, 0.29) is 10.8 Å². The number of halogens is 1. The molecule has 0 aromatic carbocycles. The van der Waals surface area contributed by atoms with Crippen LogP contribution in [0.3, 0.4) is 0 Å². The van der Waals surface area contributed by atoms with E-state index in [4.69, 9.17) is 0 Å². The summed E-state index contributed by atoms with van der Waals surface area (Å²) in [4.78, 5) is 0. The van der Waals surface area contributed by atoms with Crippen molar-refractivity contribution in [3.05, 3.63) is 15.4 Å². The molecule has 0 fully saturated rings. The van der Waals surface area contributed by atoms with Gasteiger partial charge in [-0.25, -0.2) is 8.42 Å². The van der Waals surface area contributed by atoms with E-state index in [9.17, 15) is 13.5 Å². The van der Waals surface area contributed by atoms with Crippen LogP contribution in [-0.4, -0.2) is 37.0 Å². The molecule has 1 heterocycles. The summed E-state index contributed by atoms with van der Waals surface area (Å²) >= 11 is 4.49. The molecule has 0 bridgehead atoms. The lowest BCUT2D eigenvalue weighted by molar-refractivity contribution is 0.0640. The molecular weight excluding hydrogens is 326 g/mol. The van der Waals surface area contributed by atoms with Crippen LogP contribution in [0.2, 0.25) is 0 Å². The first-order chi connectivity index (χ1) is 7.54. The standard InChI is InChI=1S/C10H16BrNO3S2/c1-7-5-8(16-9(7)11)17(14,15)12(4)6-10(2,3)13/h5,13H,6H2,1-4H3. The van der Waals surface area contributed by atoms with E-state index in [0.29, 0.717) is 0 Å². The summed E-state index contributed by atoms with van der Waals surface area (Å²) in [6.07, 6.45) is 0. The third kappa shape index (κ3) is 3.75. The van der Waals surface area contributed by atoms with Crippen LogP contribution >= 0.6 is 27.3 Å². The summed E-state index contributed by atoms with van der Waals surface area (Å²) in [5.41, 5.74) is -0.157. The highest BCUT2D eigenvalue weighted by molar-refractivity contribution is 9.11. The first kappa shape index (κ1) is 15.1. The van der Waals surface area contributed by atoms with E-state index in [1.165, 1.54) is 22.7 Å². The number of likely N-dealkylation sites (N-methyl/N-ethyl adjacent to an activating group) is 1. The minimum absolute atomic E-state index is 0.0594. The SMILES string of the molecule is Cc1cc(S(=O)(=O)N(C)CC(C)(C)O)sc1Br. The van der Waals surface area contributed by atoms with Crippen LogP contribution in [0.15, 0.2) is 14.1 Å². The lowest BCUT2D eigenvalue weighted by Crippen LogP contribution is -2.39. The summed E-state index contributed by atoms with van der Waals surface area (Å²) in [5, 5.41) is 9.65. The van der Waals surface area contributed by atoms with E-state index < -0.39 is 15.6 Å². The second kappa shape index (κ2) is 4.97. The number of aryl methyl sites for hydroxylation is 1. The van der Waals surface area contributed by atoms with Gasteiger partial charge in [-0.05, 0) is 48.3 Å². The highest BCUT2D eigenvalue weighted by Gasteiger charge is 2.28. The number of aliphatic hydroxyl groups is 1. The van der Waals surface area contributed by atoms with Gasteiger partial charge in [-0.3, -0.25) is 0 Å². The van der Waals surface area contributed by atoms with Gasteiger partial charge < -0.3 is 5.11 Å². The fourth-order valence-corrected chi connectivity index (χ4v) is 5.11. The quantitative estimate of drug-likeness (QED) is 0.913. The van der Waals surface area contributed by atoms with Crippen LogP contribution < -0.4 is 0 Å². The first-order valence-corrected chi connectivity index (χ1v) is 8.03. The Balaban J connectivity index is 3.03. The highest BCUT2D eigenvalue weighted by Crippen LogP contribution is 2.32. The average Bonchev–Trinajstić information content (AvgIpc) is 2.44. The Bertz CT molecular complexity index is 483. The smallest absolute Gasteiger partial charge is 0.252 e. The predicted octanol–water partition coefficient (Wildman–Crippen LogP) is 2.21. The Morgan fingerprint density at radius 2 is 2.06 bits per heavy atom. The Morgan fingerprint density at radius 3 is 2.41 bits per heavy atom. The molecule has 0 aliphatic rings. The molecule has 0 unspecified atom stereocenters. The number of nitrogens with zero attached hydrogens (tertiary/aromatic N) is 1. The second-order valence-electron chi connectivity index (χ2n) is 4.60. The number of hydrogen-bond donors (Lipinski definition) is 1. The van der Waals surface area contributed by atoms with Crippen molar-refractivity contribution < 1.29 is 13.5 Å².